The molecule has 8 nitrogen and oxygen atoms in total. The highest BCUT2D eigenvalue weighted by atomic mass is 35.5. The first kappa shape index (κ1) is 16.2. The highest BCUT2D eigenvalue weighted by molar-refractivity contribution is 6.32. The fourth-order valence-corrected chi connectivity index (χ4v) is 1.87. The molecule has 0 aliphatic heterocycles. The number of hydrazone groups is 1. The average Bonchev–Trinajstić information content (AvgIpc) is 2.48. The number of hydrogen-bond donors (Lipinski definition) is 3. The van der Waals surface area contributed by atoms with Gasteiger partial charge in [-0.2, -0.15) is 5.10 Å². The highest BCUT2D eigenvalue weighted by Gasteiger charge is 2.12. The summed E-state index contributed by atoms with van der Waals surface area (Å²) in [5.74, 6) is -1.29. The van der Waals surface area contributed by atoms with Crippen LogP contribution in [-0.2, 0) is 0 Å². The van der Waals surface area contributed by atoms with Crippen molar-refractivity contribution >= 4 is 29.4 Å². The second kappa shape index (κ2) is 6.75. The third-order valence-corrected chi connectivity index (χ3v) is 3.09. The second-order valence-electron chi connectivity index (χ2n) is 4.37. The topological polar surface area (TPSA) is 125 Å². The van der Waals surface area contributed by atoms with E-state index in [0.717, 1.165) is 6.07 Å². The van der Waals surface area contributed by atoms with Crippen molar-refractivity contribution in [3.63, 3.8) is 0 Å². The SMILES string of the molecule is O=C(N/N=C/c1ccc(Cl)c([N+](=O)[O-])c1)c1ccc(O)cc1O. The Kier molecular flexibility index (Phi) is 4.77. The summed E-state index contributed by atoms with van der Waals surface area (Å²) in [5.41, 5.74) is 2.15. The van der Waals surface area contributed by atoms with Gasteiger partial charge in [-0.25, -0.2) is 5.43 Å². The molecule has 0 aromatic heterocycles. The average molecular weight is 336 g/mol. The molecule has 0 fully saturated rings. The van der Waals surface area contributed by atoms with Crippen molar-refractivity contribution < 1.29 is 19.9 Å². The summed E-state index contributed by atoms with van der Waals surface area (Å²) < 4.78 is 0. The van der Waals surface area contributed by atoms with Crippen LogP contribution in [0, 0.1) is 10.1 Å². The van der Waals surface area contributed by atoms with Gasteiger partial charge in [0.25, 0.3) is 11.6 Å². The third-order valence-electron chi connectivity index (χ3n) is 2.77. The van der Waals surface area contributed by atoms with Crippen molar-refractivity contribution in [3.8, 4) is 11.5 Å². The number of nitro benzene ring substituents is 1. The molecule has 2 aromatic rings. The molecule has 2 rings (SSSR count). The van der Waals surface area contributed by atoms with Crippen LogP contribution in [0.5, 0.6) is 11.5 Å². The number of benzene rings is 2. The summed E-state index contributed by atoms with van der Waals surface area (Å²) in [5, 5.41) is 33.1. The van der Waals surface area contributed by atoms with Crippen LogP contribution in [0.1, 0.15) is 15.9 Å². The standard InChI is InChI=1S/C14H10ClN3O5/c15-11-4-1-8(5-12(11)18(22)23)7-16-17-14(21)10-3-2-9(19)6-13(10)20/h1-7,19-20H,(H,17,21)/b16-7+. The predicted molar refractivity (Wildman–Crippen MR) is 82.9 cm³/mol. The van der Waals surface area contributed by atoms with Crippen LogP contribution in [0.25, 0.3) is 0 Å². The Morgan fingerprint density at radius 2 is 2.00 bits per heavy atom. The minimum Gasteiger partial charge on any atom is -0.508 e. The van der Waals surface area contributed by atoms with E-state index < -0.39 is 16.6 Å². The first-order valence-corrected chi connectivity index (χ1v) is 6.55. The summed E-state index contributed by atoms with van der Waals surface area (Å²) in [7, 11) is 0. The zero-order valence-electron chi connectivity index (χ0n) is 11.4. The number of nitrogens with zero attached hydrogens (tertiary/aromatic N) is 2. The molecule has 0 saturated carbocycles. The van der Waals surface area contributed by atoms with Crippen LogP contribution >= 0.6 is 11.6 Å². The van der Waals surface area contributed by atoms with Crippen LogP contribution in [0.2, 0.25) is 5.02 Å². The highest BCUT2D eigenvalue weighted by Crippen LogP contribution is 2.24. The van der Waals surface area contributed by atoms with E-state index in [1.165, 1.54) is 36.5 Å². The number of rotatable bonds is 4. The van der Waals surface area contributed by atoms with Crippen LogP contribution in [-0.4, -0.2) is 27.3 Å². The molecule has 0 aliphatic carbocycles. The second-order valence-corrected chi connectivity index (χ2v) is 4.78. The Labute approximate surface area is 134 Å². The fraction of sp³-hybridized carbons (Fsp3) is 0. The molecule has 2 aromatic carbocycles. The Bertz CT molecular complexity index is 807. The fourth-order valence-electron chi connectivity index (χ4n) is 1.69. The number of aromatic hydroxyl groups is 2. The maximum absolute atomic E-state index is 11.8. The van der Waals surface area contributed by atoms with Crippen molar-refractivity contribution in [2.75, 3.05) is 0 Å². The maximum Gasteiger partial charge on any atom is 0.288 e. The monoisotopic (exact) mass is 335 g/mol. The molecule has 0 saturated heterocycles. The molecule has 118 valence electrons. The molecule has 0 spiro atoms. The summed E-state index contributed by atoms with van der Waals surface area (Å²) >= 11 is 5.68. The quantitative estimate of drug-likeness (QED) is 0.449. The number of carbonyl (C=O) groups excluding carboxylic acids is 1. The van der Waals surface area contributed by atoms with Gasteiger partial charge in [-0.1, -0.05) is 17.7 Å². The van der Waals surface area contributed by atoms with Crippen LogP contribution in [0.15, 0.2) is 41.5 Å². The number of hydrogen-bond acceptors (Lipinski definition) is 6. The Morgan fingerprint density at radius 1 is 1.26 bits per heavy atom. The number of phenols is 2. The van der Waals surface area contributed by atoms with Crippen molar-refractivity contribution in [1.29, 1.82) is 0 Å². The van der Waals surface area contributed by atoms with Crippen molar-refractivity contribution in [2.45, 2.75) is 0 Å². The van der Waals surface area contributed by atoms with Gasteiger partial charge in [0.15, 0.2) is 0 Å². The van der Waals surface area contributed by atoms with Crippen molar-refractivity contribution in [1.82, 2.24) is 5.43 Å². The molecule has 9 heteroatoms. The number of halogens is 1. The van der Waals surface area contributed by atoms with E-state index >= 15 is 0 Å². The number of amides is 1. The van der Waals surface area contributed by atoms with Crippen molar-refractivity contribution in [3.05, 3.63) is 62.7 Å². The lowest BCUT2D eigenvalue weighted by atomic mass is 10.2. The van der Waals surface area contributed by atoms with Gasteiger partial charge in [0.05, 0.1) is 16.7 Å². The lowest BCUT2D eigenvalue weighted by Gasteiger charge is -2.03. The van der Waals surface area contributed by atoms with Gasteiger partial charge in [-0.05, 0) is 18.2 Å². The number of nitrogens with one attached hydrogen (secondary N) is 1. The third kappa shape index (κ3) is 3.95. The van der Waals surface area contributed by atoms with Gasteiger partial charge in [-0.3, -0.25) is 14.9 Å². The molecule has 0 aliphatic rings. The number of phenolic OH excluding ortho intramolecular Hbond substituents is 2. The van der Waals surface area contributed by atoms with Gasteiger partial charge >= 0.3 is 0 Å². The first-order chi connectivity index (χ1) is 10.9. The molecule has 0 atom stereocenters. The molecule has 3 N–H and O–H groups in total. The predicted octanol–water partition coefficient (Wildman–Crippen LogP) is 2.42. The molecule has 0 unspecified atom stereocenters. The Morgan fingerprint density at radius 3 is 2.65 bits per heavy atom. The molecule has 0 radical (unpaired) electrons. The lowest BCUT2D eigenvalue weighted by molar-refractivity contribution is -0.384. The van der Waals surface area contributed by atoms with Gasteiger partial charge in [-0.15, -0.1) is 0 Å². The molecule has 0 heterocycles. The smallest absolute Gasteiger partial charge is 0.288 e. The maximum atomic E-state index is 11.8. The van der Waals surface area contributed by atoms with Crippen LogP contribution in [0.3, 0.4) is 0 Å². The minimum atomic E-state index is -0.706. The van der Waals surface area contributed by atoms with E-state index in [4.69, 9.17) is 16.7 Å². The summed E-state index contributed by atoms with van der Waals surface area (Å²) in [6.45, 7) is 0. The van der Waals surface area contributed by atoms with E-state index in [1.807, 2.05) is 0 Å². The van der Waals surface area contributed by atoms with E-state index in [-0.39, 0.29) is 22.0 Å². The number of carbonyl (C=O) groups is 1. The summed E-state index contributed by atoms with van der Waals surface area (Å²) in [4.78, 5) is 21.9. The van der Waals surface area contributed by atoms with Crippen molar-refractivity contribution in [2.24, 2.45) is 5.10 Å². The molecule has 23 heavy (non-hydrogen) atoms. The van der Waals surface area contributed by atoms with Gasteiger partial charge in [0.1, 0.15) is 16.5 Å². The van der Waals surface area contributed by atoms with E-state index in [2.05, 4.69) is 10.5 Å². The van der Waals surface area contributed by atoms with Gasteiger partial charge in [0, 0.05) is 17.7 Å². The Balaban J connectivity index is 2.11. The summed E-state index contributed by atoms with van der Waals surface area (Å²) in [6.07, 6.45) is 1.19. The molecular formula is C14H10ClN3O5. The lowest BCUT2D eigenvalue weighted by Crippen LogP contribution is -2.17. The Hall–Kier alpha value is -3.13. The van der Waals surface area contributed by atoms with E-state index in [9.17, 15) is 20.0 Å². The zero-order valence-corrected chi connectivity index (χ0v) is 12.2. The normalized spacial score (nSPS) is 10.7. The number of nitro groups is 1. The van der Waals surface area contributed by atoms with Gasteiger partial charge in [0.2, 0.25) is 0 Å². The zero-order chi connectivity index (χ0) is 17.0. The first-order valence-electron chi connectivity index (χ1n) is 6.18. The molecule has 1 amide bonds. The van der Waals surface area contributed by atoms with Gasteiger partial charge < -0.3 is 10.2 Å². The van der Waals surface area contributed by atoms with Crippen LogP contribution in [0.4, 0.5) is 5.69 Å². The van der Waals surface area contributed by atoms with Crippen LogP contribution < -0.4 is 5.43 Å². The minimum absolute atomic E-state index is 0.00907. The summed E-state index contributed by atoms with van der Waals surface area (Å²) in [6, 6.07) is 7.51. The van der Waals surface area contributed by atoms with E-state index in [1.54, 1.807) is 0 Å². The molecular weight excluding hydrogens is 326 g/mol. The van der Waals surface area contributed by atoms with E-state index in [0.29, 0.717) is 5.56 Å². The molecule has 0 bridgehead atoms. The largest absolute Gasteiger partial charge is 0.508 e.